The molecule has 0 spiro atoms. The smallest absolute Gasteiger partial charge is 0.410 e. The van der Waals surface area contributed by atoms with E-state index in [9.17, 15) is 4.79 Å². The summed E-state index contributed by atoms with van der Waals surface area (Å²) >= 11 is 0. The SMILES string of the molecule is Cc1cnnc(C2CCC(N(C)C(=O)OC(C)(C)C)CC2)c1. The molecule has 0 atom stereocenters. The Morgan fingerprint density at radius 3 is 2.45 bits per heavy atom. The number of hydrogen-bond donors (Lipinski definition) is 0. The molecule has 1 saturated carbocycles. The number of carbonyl (C=O) groups is 1. The van der Waals surface area contributed by atoms with Crippen LogP contribution in [0.5, 0.6) is 0 Å². The van der Waals surface area contributed by atoms with E-state index in [1.165, 1.54) is 0 Å². The van der Waals surface area contributed by atoms with Crippen molar-refractivity contribution in [3.8, 4) is 0 Å². The first kappa shape index (κ1) is 16.7. The lowest BCUT2D eigenvalue weighted by Gasteiger charge is -2.35. The minimum atomic E-state index is -0.445. The number of ether oxygens (including phenoxy) is 1. The molecule has 5 nitrogen and oxygen atoms in total. The second kappa shape index (κ2) is 6.63. The lowest BCUT2D eigenvalue weighted by atomic mass is 9.83. The molecule has 0 bridgehead atoms. The van der Waals surface area contributed by atoms with Crippen LogP contribution in [0.25, 0.3) is 0 Å². The zero-order valence-electron chi connectivity index (χ0n) is 14.3. The molecule has 1 heterocycles. The molecular formula is C17H27N3O2. The molecule has 0 aromatic carbocycles. The van der Waals surface area contributed by atoms with Crippen LogP contribution in [0.1, 0.15) is 63.6 Å². The Hall–Kier alpha value is -1.65. The molecule has 5 heteroatoms. The maximum atomic E-state index is 12.1. The summed E-state index contributed by atoms with van der Waals surface area (Å²) in [5.41, 5.74) is 1.79. The molecule has 0 saturated heterocycles. The van der Waals surface area contributed by atoms with Gasteiger partial charge in [-0.2, -0.15) is 10.2 Å². The number of carbonyl (C=O) groups excluding carboxylic acids is 1. The van der Waals surface area contributed by atoms with Gasteiger partial charge in [-0.25, -0.2) is 4.79 Å². The minimum Gasteiger partial charge on any atom is -0.444 e. The van der Waals surface area contributed by atoms with Crippen molar-refractivity contribution < 1.29 is 9.53 Å². The van der Waals surface area contributed by atoms with E-state index in [0.29, 0.717) is 5.92 Å². The number of aryl methyl sites for hydroxylation is 1. The second-order valence-electron chi connectivity index (χ2n) is 7.25. The fourth-order valence-electron chi connectivity index (χ4n) is 2.93. The quantitative estimate of drug-likeness (QED) is 0.836. The highest BCUT2D eigenvalue weighted by molar-refractivity contribution is 5.68. The molecule has 1 aromatic rings. The normalized spacial score (nSPS) is 22.2. The molecule has 22 heavy (non-hydrogen) atoms. The summed E-state index contributed by atoms with van der Waals surface area (Å²) in [4.78, 5) is 13.9. The molecule has 1 amide bonds. The van der Waals surface area contributed by atoms with Crippen LogP contribution in [0, 0.1) is 6.92 Å². The average Bonchev–Trinajstić information content (AvgIpc) is 2.45. The predicted molar refractivity (Wildman–Crippen MR) is 85.8 cm³/mol. The number of rotatable bonds is 2. The van der Waals surface area contributed by atoms with Gasteiger partial charge >= 0.3 is 6.09 Å². The Labute approximate surface area is 133 Å². The van der Waals surface area contributed by atoms with E-state index in [2.05, 4.69) is 16.3 Å². The number of aromatic nitrogens is 2. The third-order valence-corrected chi connectivity index (χ3v) is 4.15. The molecule has 0 aliphatic heterocycles. The van der Waals surface area contributed by atoms with Crippen molar-refractivity contribution in [1.29, 1.82) is 0 Å². The van der Waals surface area contributed by atoms with E-state index in [0.717, 1.165) is 36.9 Å². The van der Waals surface area contributed by atoms with Crippen molar-refractivity contribution in [3.05, 3.63) is 23.5 Å². The fourth-order valence-corrected chi connectivity index (χ4v) is 2.93. The highest BCUT2D eigenvalue weighted by atomic mass is 16.6. The van der Waals surface area contributed by atoms with Crippen molar-refractivity contribution >= 4 is 6.09 Å². The Bertz CT molecular complexity index is 517. The zero-order valence-corrected chi connectivity index (χ0v) is 14.3. The van der Waals surface area contributed by atoms with Gasteiger partial charge in [0.25, 0.3) is 0 Å². The topological polar surface area (TPSA) is 55.3 Å². The van der Waals surface area contributed by atoms with Gasteiger partial charge in [0.2, 0.25) is 0 Å². The lowest BCUT2D eigenvalue weighted by molar-refractivity contribution is 0.0182. The Kier molecular flexibility index (Phi) is 5.04. The van der Waals surface area contributed by atoms with Crippen LogP contribution in [-0.4, -0.2) is 39.9 Å². The van der Waals surface area contributed by atoms with Gasteiger partial charge in [-0.15, -0.1) is 0 Å². The van der Waals surface area contributed by atoms with E-state index >= 15 is 0 Å². The monoisotopic (exact) mass is 305 g/mol. The Morgan fingerprint density at radius 1 is 1.27 bits per heavy atom. The molecule has 0 unspecified atom stereocenters. The van der Waals surface area contributed by atoms with Gasteiger partial charge in [0, 0.05) is 19.0 Å². The van der Waals surface area contributed by atoms with Gasteiger partial charge in [-0.1, -0.05) is 0 Å². The van der Waals surface area contributed by atoms with E-state index in [1.807, 2.05) is 34.7 Å². The van der Waals surface area contributed by atoms with Crippen LogP contribution in [0.3, 0.4) is 0 Å². The highest BCUT2D eigenvalue weighted by Crippen LogP contribution is 2.33. The molecule has 0 N–H and O–H groups in total. The molecule has 1 aromatic heterocycles. The number of nitrogens with zero attached hydrogens (tertiary/aromatic N) is 3. The van der Waals surface area contributed by atoms with Crippen molar-refractivity contribution in [3.63, 3.8) is 0 Å². The summed E-state index contributed by atoms with van der Waals surface area (Å²) in [5.74, 6) is 0.454. The standard InChI is InChI=1S/C17H27N3O2/c1-12-10-15(19-18-11-12)13-6-8-14(9-7-13)20(5)16(21)22-17(2,3)4/h10-11,13-14H,6-9H2,1-5H3. The highest BCUT2D eigenvalue weighted by Gasteiger charge is 2.30. The van der Waals surface area contributed by atoms with Gasteiger partial charge in [0.1, 0.15) is 5.60 Å². The van der Waals surface area contributed by atoms with Crippen LogP contribution in [0.4, 0.5) is 4.79 Å². The maximum absolute atomic E-state index is 12.1. The Balaban J connectivity index is 1.90. The van der Waals surface area contributed by atoms with Crippen molar-refractivity contribution in [2.24, 2.45) is 0 Å². The van der Waals surface area contributed by atoms with Gasteiger partial charge in [-0.3, -0.25) is 0 Å². The Morgan fingerprint density at radius 2 is 1.91 bits per heavy atom. The average molecular weight is 305 g/mol. The third-order valence-electron chi connectivity index (χ3n) is 4.15. The lowest BCUT2D eigenvalue weighted by Crippen LogP contribution is -2.42. The number of amides is 1. The van der Waals surface area contributed by atoms with E-state index in [-0.39, 0.29) is 12.1 Å². The van der Waals surface area contributed by atoms with Crippen molar-refractivity contribution in [2.75, 3.05) is 7.05 Å². The summed E-state index contributed by atoms with van der Waals surface area (Å²) in [5, 5.41) is 8.31. The number of hydrogen-bond acceptors (Lipinski definition) is 4. The van der Waals surface area contributed by atoms with Crippen LogP contribution in [0.15, 0.2) is 12.3 Å². The first-order valence-corrected chi connectivity index (χ1v) is 8.01. The maximum Gasteiger partial charge on any atom is 0.410 e. The van der Waals surface area contributed by atoms with Gasteiger partial charge in [0.05, 0.1) is 11.9 Å². The molecule has 1 aliphatic rings. The third kappa shape index (κ3) is 4.42. The summed E-state index contributed by atoms with van der Waals surface area (Å²) in [6.45, 7) is 7.73. The van der Waals surface area contributed by atoms with Crippen LogP contribution in [-0.2, 0) is 4.74 Å². The summed E-state index contributed by atoms with van der Waals surface area (Å²) < 4.78 is 5.44. The van der Waals surface area contributed by atoms with E-state index in [1.54, 1.807) is 11.1 Å². The van der Waals surface area contributed by atoms with E-state index in [4.69, 9.17) is 4.74 Å². The van der Waals surface area contributed by atoms with Crippen molar-refractivity contribution in [1.82, 2.24) is 15.1 Å². The first-order chi connectivity index (χ1) is 10.3. The van der Waals surface area contributed by atoms with Crippen LogP contribution >= 0.6 is 0 Å². The van der Waals surface area contributed by atoms with Gasteiger partial charge < -0.3 is 9.64 Å². The second-order valence-corrected chi connectivity index (χ2v) is 7.25. The molecule has 0 radical (unpaired) electrons. The van der Waals surface area contributed by atoms with Crippen LogP contribution in [0.2, 0.25) is 0 Å². The predicted octanol–water partition coefficient (Wildman–Crippen LogP) is 3.68. The first-order valence-electron chi connectivity index (χ1n) is 8.01. The van der Waals surface area contributed by atoms with Gasteiger partial charge in [0.15, 0.2) is 0 Å². The molecular weight excluding hydrogens is 278 g/mol. The molecule has 2 rings (SSSR count). The zero-order chi connectivity index (χ0) is 16.3. The minimum absolute atomic E-state index is 0.230. The summed E-state index contributed by atoms with van der Waals surface area (Å²) in [7, 11) is 1.84. The fraction of sp³-hybridized carbons (Fsp3) is 0.706. The summed E-state index contributed by atoms with van der Waals surface area (Å²) in [6.07, 6.45) is 5.59. The van der Waals surface area contributed by atoms with Crippen LogP contribution < -0.4 is 0 Å². The molecule has 1 aliphatic carbocycles. The van der Waals surface area contributed by atoms with E-state index < -0.39 is 5.60 Å². The summed E-state index contributed by atoms with van der Waals surface area (Å²) in [6, 6.07) is 2.37. The van der Waals surface area contributed by atoms with Gasteiger partial charge in [-0.05, 0) is 65.0 Å². The van der Waals surface area contributed by atoms with Crippen molar-refractivity contribution in [2.45, 2.75) is 70.9 Å². The largest absolute Gasteiger partial charge is 0.444 e. The molecule has 122 valence electrons. The molecule has 1 fully saturated rings.